The standard InChI is InChI=1S/C22H23BrFNO3/c1-22(2,3)28-20(26)9-6-16-12-17(14-18(23)13-16)21(27)25-11-10-15-4-7-19(24)8-5-15/h4-9,12-14H,10-11H2,1-3H3,(H,25,27)/b9-6+. The van der Waals surface area contributed by atoms with Gasteiger partial charge in [-0.1, -0.05) is 28.1 Å². The van der Waals surface area contributed by atoms with E-state index < -0.39 is 11.6 Å². The first-order chi connectivity index (χ1) is 13.1. The highest BCUT2D eigenvalue weighted by Crippen LogP contribution is 2.18. The van der Waals surface area contributed by atoms with E-state index in [0.717, 1.165) is 10.0 Å². The molecule has 1 amide bonds. The number of amides is 1. The Kier molecular flexibility index (Phi) is 7.52. The molecule has 0 saturated carbocycles. The van der Waals surface area contributed by atoms with Crippen molar-refractivity contribution in [1.82, 2.24) is 5.32 Å². The number of carbonyl (C=O) groups excluding carboxylic acids is 2. The van der Waals surface area contributed by atoms with Gasteiger partial charge in [-0.25, -0.2) is 9.18 Å². The SMILES string of the molecule is CC(C)(C)OC(=O)/C=C/c1cc(Br)cc(C(=O)NCCc2ccc(F)cc2)c1. The Morgan fingerprint density at radius 1 is 1.14 bits per heavy atom. The molecule has 0 radical (unpaired) electrons. The largest absolute Gasteiger partial charge is 0.457 e. The highest BCUT2D eigenvalue weighted by molar-refractivity contribution is 9.10. The monoisotopic (exact) mass is 447 g/mol. The Morgan fingerprint density at radius 2 is 1.82 bits per heavy atom. The van der Waals surface area contributed by atoms with E-state index in [4.69, 9.17) is 4.74 Å². The highest BCUT2D eigenvalue weighted by Gasteiger charge is 2.14. The number of carbonyl (C=O) groups is 2. The zero-order valence-electron chi connectivity index (χ0n) is 16.1. The Balaban J connectivity index is 1.98. The van der Waals surface area contributed by atoms with Crippen molar-refractivity contribution in [1.29, 1.82) is 0 Å². The van der Waals surface area contributed by atoms with Gasteiger partial charge in [-0.05, 0) is 74.7 Å². The molecule has 148 valence electrons. The molecule has 0 bridgehead atoms. The van der Waals surface area contributed by atoms with E-state index >= 15 is 0 Å². The van der Waals surface area contributed by atoms with E-state index in [1.807, 2.05) is 0 Å². The maximum absolute atomic E-state index is 12.9. The Labute approximate surface area is 172 Å². The first-order valence-corrected chi connectivity index (χ1v) is 9.66. The summed E-state index contributed by atoms with van der Waals surface area (Å²) in [5.74, 6) is -0.956. The second-order valence-corrected chi connectivity index (χ2v) is 8.19. The average molecular weight is 448 g/mol. The number of nitrogens with one attached hydrogen (secondary N) is 1. The molecule has 6 heteroatoms. The summed E-state index contributed by atoms with van der Waals surface area (Å²) >= 11 is 3.38. The second-order valence-electron chi connectivity index (χ2n) is 7.27. The quantitative estimate of drug-likeness (QED) is 0.505. The third-order valence-electron chi connectivity index (χ3n) is 3.61. The van der Waals surface area contributed by atoms with Gasteiger partial charge in [-0.15, -0.1) is 0 Å². The molecular formula is C22H23BrFNO3. The number of benzene rings is 2. The van der Waals surface area contributed by atoms with E-state index in [0.29, 0.717) is 24.1 Å². The minimum Gasteiger partial charge on any atom is -0.457 e. The van der Waals surface area contributed by atoms with Gasteiger partial charge in [-0.2, -0.15) is 0 Å². The molecule has 0 atom stereocenters. The molecule has 0 saturated heterocycles. The van der Waals surface area contributed by atoms with Gasteiger partial charge in [-0.3, -0.25) is 4.79 Å². The van der Waals surface area contributed by atoms with Crippen molar-refractivity contribution in [2.45, 2.75) is 32.8 Å². The molecule has 1 N–H and O–H groups in total. The molecule has 0 spiro atoms. The van der Waals surface area contributed by atoms with Crippen molar-refractivity contribution in [2.75, 3.05) is 6.54 Å². The molecule has 0 aliphatic rings. The first kappa shape index (κ1) is 21.8. The Morgan fingerprint density at radius 3 is 2.46 bits per heavy atom. The number of halogens is 2. The number of hydrogen-bond acceptors (Lipinski definition) is 3. The zero-order chi connectivity index (χ0) is 20.7. The van der Waals surface area contributed by atoms with Crippen molar-refractivity contribution in [3.05, 3.63) is 75.5 Å². The van der Waals surface area contributed by atoms with E-state index in [-0.39, 0.29) is 11.7 Å². The molecule has 0 aliphatic carbocycles. The maximum Gasteiger partial charge on any atom is 0.331 e. The van der Waals surface area contributed by atoms with Crippen LogP contribution in [0.3, 0.4) is 0 Å². The van der Waals surface area contributed by atoms with Crippen LogP contribution in [0.1, 0.15) is 42.3 Å². The second kappa shape index (κ2) is 9.64. The van der Waals surface area contributed by atoms with Crippen molar-refractivity contribution in [3.8, 4) is 0 Å². The molecule has 0 aromatic heterocycles. The van der Waals surface area contributed by atoms with E-state index in [1.54, 1.807) is 57.2 Å². The molecule has 2 aromatic rings. The predicted octanol–water partition coefficient (Wildman–Crippen LogP) is 4.92. The van der Waals surface area contributed by atoms with Crippen LogP contribution in [0.4, 0.5) is 4.39 Å². The molecule has 0 fully saturated rings. The van der Waals surface area contributed by atoms with Gasteiger partial charge in [0.25, 0.3) is 5.91 Å². The number of ether oxygens (including phenoxy) is 1. The highest BCUT2D eigenvalue weighted by atomic mass is 79.9. The lowest BCUT2D eigenvalue weighted by molar-refractivity contribution is -0.148. The molecule has 4 nitrogen and oxygen atoms in total. The van der Waals surface area contributed by atoms with Gasteiger partial charge in [0.15, 0.2) is 0 Å². The molecule has 0 heterocycles. The maximum atomic E-state index is 12.9. The van der Waals surface area contributed by atoms with Crippen LogP contribution in [0.25, 0.3) is 6.08 Å². The minimum absolute atomic E-state index is 0.227. The van der Waals surface area contributed by atoms with Crippen LogP contribution in [0.15, 0.2) is 53.0 Å². The van der Waals surface area contributed by atoms with Crippen LogP contribution in [-0.4, -0.2) is 24.0 Å². The van der Waals surface area contributed by atoms with E-state index in [2.05, 4.69) is 21.2 Å². The molecular weight excluding hydrogens is 425 g/mol. The fourth-order valence-corrected chi connectivity index (χ4v) is 2.92. The van der Waals surface area contributed by atoms with Crippen LogP contribution in [0, 0.1) is 5.82 Å². The lowest BCUT2D eigenvalue weighted by Gasteiger charge is -2.17. The number of hydrogen-bond donors (Lipinski definition) is 1. The molecule has 0 unspecified atom stereocenters. The summed E-state index contributed by atoms with van der Waals surface area (Å²) in [4.78, 5) is 24.2. The van der Waals surface area contributed by atoms with Gasteiger partial charge in [0, 0.05) is 22.7 Å². The lowest BCUT2D eigenvalue weighted by Crippen LogP contribution is -2.25. The molecule has 28 heavy (non-hydrogen) atoms. The van der Waals surface area contributed by atoms with Gasteiger partial charge < -0.3 is 10.1 Å². The average Bonchev–Trinajstić information content (AvgIpc) is 2.59. The van der Waals surface area contributed by atoms with Gasteiger partial charge in [0.2, 0.25) is 0 Å². The normalized spacial score (nSPS) is 11.5. The van der Waals surface area contributed by atoms with Gasteiger partial charge in [0.1, 0.15) is 11.4 Å². The summed E-state index contributed by atoms with van der Waals surface area (Å²) in [5.41, 5.74) is 1.55. The third-order valence-corrected chi connectivity index (χ3v) is 4.07. The van der Waals surface area contributed by atoms with Gasteiger partial charge >= 0.3 is 5.97 Å². The van der Waals surface area contributed by atoms with E-state index in [9.17, 15) is 14.0 Å². The molecule has 2 aromatic carbocycles. The van der Waals surface area contributed by atoms with Crippen LogP contribution < -0.4 is 5.32 Å². The smallest absolute Gasteiger partial charge is 0.331 e. The zero-order valence-corrected chi connectivity index (χ0v) is 17.7. The summed E-state index contributed by atoms with van der Waals surface area (Å²) in [5, 5.41) is 2.84. The van der Waals surface area contributed by atoms with Gasteiger partial charge in [0.05, 0.1) is 0 Å². The molecule has 0 aliphatic heterocycles. The van der Waals surface area contributed by atoms with Crippen molar-refractivity contribution >= 4 is 33.9 Å². The number of rotatable bonds is 6. The summed E-state index contributed by atoms with van der Waals surface area (Å²) in [6, 6.07) is 11.4. The first-order valence-electron chi connectivity index (χ1n) is 8.87. The summed E-state index contributed by atoms with van der Waals surface area (Å²) in [6.07, 6.45) is 3.54. The summed E-state index contributed by atoms with van der Waals surface area (Å²) in [6.45, 7) is 5.82. The van der Waals surface area contributed by atoms with Crippen molar-refractivity contribution in [2.24, 2.45) is 0 Å². The van der Waals surface area contributed by atoms with Crippen molar-refractivity contribution < 1.29 is 18.7 Å². The third kappa shape index (κ3) is 7.64. The fraction of sp³-hybridized carbons (Fsp3) is 0.273. The lowest BCUT2D eigenvalue weighted by atomic mass is 10.1. The van der Waals surface area contributed by atoms with Crippen LogP contribution in [0.5, 0.6) is 0 Å². The van der Waals surface area contributed by atoms with E-state index in [1.165, 1.54) is 18.2 Å². The van der Waals surface area contributed by atoms with Crippen LogP contribution in [-0.2, 0) is 16.0 Å². The Hall–Kier alpha value is -2.47. The fourth-order valence-electron chi connectivity index (χ4n) is 2.41. The molecule has 2 rings (SSSR count). The van der Waals surface area contributed by atoms with Crippen LogP contribution in [0.2, 0.25) is 0 Å². The minimum atomic E-state index is -0.561. The number of esters is 1. The van der Waals surface area contributed by atoms with Crippen molar-refractivity contribution in [3.63, 3.8) is 0 Å². The summed E-state index contributed by atoms with van der Waals surface area (Å²) in [7, 11) is 0. The van der Waals surface area contributed by atoms with Crippen LogP contribution >= 0.6 is 15.9 Å². The predicted molar refractivity (Wildman–Crippen MR) is 111 cm³/mol. The Bertz CT molecular complexity index is 870. The topological polar surface area (TPSA) is 55.4 Å². The summed E-state index contributed by atoms with van der Waals surface area (Å²) < 4.78 is 18.9.